The maximum atomic E-state index is 6.18. The van der Waals surface area contributed by atoms with Crippen LogP contribution in [0.25, 0.3) is 5.65 Å². The van der Waals surface area contributed by atoms with Gasteiger partial charge in [-0.25, -0.2) is 4.98 Å². The lowest BCUT2D eigenvalue weighted by Crippen LogP contribution is -2.32. The van der Waals surface area contributed by atoms with Crippen molar-refractivity contribution in [1.29, 1.82) is 0 Å². The van der Waals surface area contributed by atoms with E-state index in [1.807, 2.05) is 16.8 Å². The number of likely N-dealkylation sites (N-methyl/N-ethyl adjacent to an activating group) is 1. The third-order valence-electron chi connectivity index (χ3n) is 4.28. The topological polar surface area (TPSA) is 45.5 Å². The molecule has 114 valence electrons. The maximum Gasteiger partial charge on any atom is 0.162 e. The van der Waals surface area contributed by atoms with Crippen LogP contribution in [-0.4, -0.2) is 45.7 Å². The number of hydrogen-bond donors (Lipinski definition) is 1. The zero-order valence-corrected chi connectivity index (χ0v) is 13.6. The molecule has 0 bridgehead atoms. The van der Waals surface area contributed by atoms with Gasteiger partial charge in [0.15, 0.2) is 5.65 Å². The highest BCUT2D eigenvalue weighted by Gasteiger charge is 2.21. The molecule has 1 saturated heterocycles. The molecule has 21 heavy (non-hydrogen) atoms. The molecule has 0 aromatic carbocycles. The van der Waals surface area contributed by atoms with E-state index in [1.54, 1.807) is 0 Å². The van der Waals surface area contributed by atoms with Crippen LogP contribution in [0.4, 0.5) is 5.82 Å². The van der Waals surface area contributed by atoms with Crippen molar-refractivity contribution in [2.75, 3.05) is 25.5 Å². The normalized spacial score (nSPS) is 19.8. The molecule has 1 aliphatic heterocycles. The lowest BCUT2D eigenvalue weighted by molar-refractivity contribution is 0.322. The number of nitrogens with zero attached hydrogens (tertiary/aromatic N) is 4. The van der Waals surface area contributed by atoms with Crippen molar-refractivity contribution < 1.29 is 0 Å². The Morgan fingerprint density at radius 3 is 2.95 bits per heavy atom. The summed E-state index contributed by atoms with van der Waals surface area (Å²) < 4.78 is 1.86. The predicted octanol–water partition coefficient (Wildman–Crippen LogP) is 3.01. The predicted molar refractivity (Wildman–Crippen MR) is 86.2 cm³/mol. The SMILES string of the molecule is CC(C)c1cnn2c(NCC3CCCN3C)cc(Cl)nc12. The second kappa shape index (κ2) is 5.81. The summed E-state index contributed by atoms with van der Waals surface area (Å²) in [5.41, 5.74) is 1.97. The second-order valence-corrected chi connectivity index (χ2v) is 6.50. The second-order valence-electron chi connectivity index (χ2n) is 6.11. The Morgan fingerprint density at radius 1 is 1.48 bits per heavy atom. The van der Waals surface area contributed by atoms with Gasteiger partial charge < -0.3 is 10.2 Å². The number of fused-ring (bicyclic) bond motifs is 1. The summed E-state index contributed by atoms with van der Waals surface area (Å²) in [6.45, 7) is 6.36. The maximum absolute atomic E-state index is 6.18. The van der Waals surface area contributed by atoms with Gasteiger partial charge in [0.25, 0.3) is 0 Å². The molecule has 0 aliphatic carbocycles. The average Bonchev–Trinajstić information content (AvgIpc) is 3.02. The van der Waals surface area contributed by atoms with Gasteiger partial charge in [0, 0.05) is 24.2 Å². The molecular formula is C15H22ClN5. The Balaban J connectivity index is 1.87. The summed E-state index contributed by atoms with van der Waals surface area (Å²) in [4.78, 5) is 6.83. The first kappa shape index (κ1) is 14.6. The standard InChI is InChI=1S/C15H22ClN5/c1-10(2)12-9-18-21-14(7-13(16)19-15(12)21)17-8-11-5-4-6-20(11)3/h7,9-11,17H,4-6,8H2,1-3H3. The molecule has 3 rings (SSSR count). The minimum absolute atomic E-state index is 0.377. The molecule has 1 atom stereocenters. The summed E-state index contributed by atoms with van der Waals surface area (Å²) in [7, 11) is 2.18. The highest BCUT2D eigenvalue weighted by Crippen LogP contribution is 2.24. The molecule has 5 nitrogen and oxygen atoms in total. The summed E-state index contributed by atoms with van der Waals surface area (Å²) >= 11 is 6.18. The van der Waals surface area contributed by atoms with Crippen molar-refractivity contribution >= 4 is 23.1 Å². The molecule has 1 unspecified atom stereocenters. The lowest BCUT2D eigenvalue weighted by atomic mass is 10.1. The molecule has 2 aromatic rings. The molecule has 3 heterocycles. The van der Waals surface area contributed by atoms with Crippen LogP contribution in [0.5, 0.6) is 0 Å². The fourth-order valence-electron chi connectivity index (χ4n) is 2.94. The summed E-state index contributed by atoms with van der Waals surface area (Å²) in [6.07, 6.45) is 4.40. The fraction of sp³-hybridized carbons (Fsp3) is 0.600. The lowest BCUT2D eigenvalue weighted by Gasteiger charge is -2.20. The molecule has 1 aliphatic rings. The van der Waals surface area contributed by atoms with Gasteiger partial charge in [0.05, 0.1) is 6.20 Å². The zero-order chi connectivity index (χ0) is 15.0. The molecule has 6 heteroatoms. The van der Waals surface area contributed by atoms with Gasteiger partial charge in [-0.05, 0) is 32.4 Å². The van der Waals surface area contributed by atoms with E-state index in [0.717, 1.165) is 23.6 Å². The number of nitrogens with one attached hydrogen (secondary N) is 1. The molecular weight excluding hydrogens is 286 g/mol. The van der Waals surface area contributed by atoms with E-state index in [0.29, 0.717) is 17.1 Å². The largest absolute Gasteiger partial charge is 0.368 e. The Hall–Kier alpha value is -1.33. The highest BCUT2D eigenvalue weighted by molar-refractivity contribution is 6.29. The molecule has 0 saturated carbocycles. The monoisotopic (exact) mass is 307 g/mol. The number of likely N-dealkylation sites (tertiary alicyclic amines) is 1. The smallest absolute Gasteiger partial charge is 0.162 e. The Kier molecular flexibility index (Phi) is 4.04. The summed E-state index contributed by atoms with van der Waals surface area (Å²) in [5.74, 6) is 1.29. The highest BCUT2D eigenvalue weighted by atomic mass is 35.5. The number of hydrogen-bond acceptors (Lipinski definition) is 4. The number of rotatable bonds is 4. The average molecular weight is 308 g/mol. The Labute approximate surface area is 130 Å². The molecule has 2 aromatic heterocycles. The van der Waals surface area contributed by atoms with Crippen LogP contribution in [0.15, 0.2) is 12.3 Å². The Bertz CT molecular complexity index is 636. The molecule has 0 amide bonds. The van der Waals surface area contributed by atoms with Crippen molar-refractivity contribution in [1.82, 2.24) is 19.5 Å². The van der Waals surface area contributed by atoms with Crippen LogP contribution >= 0.6 is 11.6 Å². The first-order valence-electron chi connectivity index (χ1n) is 7.54. The Morgan fingerprint density at radius 2 is 2.29 bits per heavy atom. The van der Waals surface area contributed by atoms with Crippen LogP contribution in [0.2, 0.25) is 5.15 Å². The zero-order valence-electron chi connectivity index (χ0n) is 12.8. The van der Waals surface area contributed by atoms with Gasteiger partial charge in [-0.3, -0.25) is 0 Å². The van der Waals surface area contributed by atoms with Crippen LogP contribution in [0.1, 0.15) is 38.2 Å². The summed E-state index contributed by atoms with van der Waals surface area (Å²) in [5, 5.41) is 8.46. The number of anilines is 1. The van der Waals surface area contributed by atoms with Gasteiger partial charge in [-0.2, -0.15) is 9.61 Å². The van der Waals surface area contributed by atoms with Gasteiger partial charge >= 0.3 is 0 Å². The number of halogens is 1. The third-order valence-corrected chi connectivity index (χ3v) is 4.47. The summed E-state index contributed by atoms with van der Waals surface area (Å²) in [6, 6.07) is 2.42. The first-order chi connectivity index (χ1) is 10.1. The molecule has 0 spiro atoms. The van der Waals surface area contributed by atoms with Gasteiger partial charge in [0.1, 0.15) is 11.0 Å². The van der Waals surface area contributed by atoms with Crippen LogP contribution in [0, 0.1) is 0 Å². The molecule has 1 fully saturated rings. The van der Waals surface area contributed by atoms with Crippen LogP contribution in [0.3, 0.4) is 0 Å². The minimum atomic E-state index is 0.377. The first-order valence-corrected chi connectivity index (χ1v) is 7.92. The molecule has 1 N–H and O–H groups in total. The van der Waals surface area contributed by atoms with Crippen molar-refractivity contribution in [2.45, 2.75) is 38.6 Å². The van der Waals surface area contributed by atoms with Gasteiger partial charge in [0.2, 0.25) is 0 Å². The van der Waals surface area contributed by atoms with Crippen LogP contribution < -0.4 is 5.32 Å². The van der Waals surface area contributed by atoms with Crippen molar-refractivity contribution in [2.24, 2.45) is 0 Å². The van der Waals surface area contributed by atoms with Crippen molar-refractivity contribution in [3.63, 3.8) is 0 Å². The quantitative estimate of drug-likeness (QED) is 0.882. The van der Waals surface area contributed by atoms with Crippen molar-refractivity contribution in [3.8, 4) is 0 Å². The van der Waals surface area contributed by atoms with E-state index in [-0.39, 0.29) is 0 Å². The van der Waals surface area contributed by atoms with E-state index in [4.69, 9.17) is 11.6 Å². The van der Waals surface area contributed by atoms with Gasteiger partial charge in [-0.1, -0.05) is 25.4 Å². The molecule has 0 radical (unpaired) electrons. The van der Waals surface area contributed by atoms with Crippen molar-refractivity contribution in [3.05, 3.63) is 23.0 Å². The van der Waals surface area contributed by atoms with E-state index in [9.17, 15) is 0 Å². The fourth-order valence-corrected chi connectivity index (χ4v) is 3.13. The van der Waals surface area contributed by atoms with E-state index in [1.165, 1.54) is 19.4 Å². The minimum Gasteiger partial charge on any atom is -0.368 e. The van der Waals surface area contributed by atoms with Crippen LogP contribution in [-0.2, 0) is 0 Å². The van der Waals surface area contributed by atoms with E-state index >= 15 is 0 Å². The third kappa shape index (κ3) is 2.85. The number of aromatic nitrogens is 3. The van der Waals surface area contributed by atoms with E-state index < -0.39 is 0 Å². The van der Waals surface area contributed by atoms with E-state index in [2.05, 4.69) is 41.2 Å². The van der Waals surface area contributed by atoms with Gasteiger partial charge in [-0.15, -0.1) is 0 Å².